The van der Waals surface area contributed by atoms with Crippen molar-refractivity contribution in [3.63, 3.8) is 0 Å². The van der Waals surface area contributed by atoms with Crippen LogP contribution in [0.1, 0.15) is 5.82 Å². The van der Waals surface area contributed by atoms with Crippen LogP contribution in [-0.4, -0.2) is 21.3 Å². The SMILES string of the molecule is Cn1cc(-c2cc(Br)ccc2F)nc1CCO. The molecule has 2 aromatic rings. The lowest BCUT2D eigenvalue weighted by Gasteiger charge is -1.99. The molecule has 0 aliphatic rings. The molecule has 0 aliphatic heterocycles. The van der Waals surface area contributed by atoms with E-state index in [4.69, 9.17) is 5.11 Å². The first-order chi connectivity index (χ1) is 8.11. The molecule has 0 spiro atoms. The standard InChI is InChI=1S/C12H12BrFN2O/c1-16-7-11(15-12(16)4-5-17)9-6-8(13)2-3-10(9)14/h2-3,6-7,17H,4-5H2,1H3. The van der Waals surface area contributed by atoms with Gasteiger partial charge in [0.2, 0.25) is 0 Å². The summed E-state index contributed by atoms with van der Waals surface area (Å²) in [6, 6.07) is 4.75. The number of aliphatic hydroxyl groups excluding tert-OH is 1. The molecular formula is C12H12BrFN2O. The third-order valence-corrected chi connectivity index (χ3v) is 3.01. The molecule has 0 atom stereocenters. The van der Waals surface area contributed by atoms with Crippen LogP contribution in [0.2, 0.25) is 0 Å². The largest absolute Gasteiger partial charge is 0.396 e. The number of aromatic nitrogens is 2. The van der Waals surface area contributed by atoms with Gasteiger partial charge in [0.25, 0.3) is 0 Å². The second-order valence-electron chi connectivity index (χ2n) is 3.75. The molecule has 0 fully saturated rings. The third kappa shape index (κ3) is 2.56. The van der Waals surface area contributed by atoms with Crippen molar-refractivity contribution >= 4 is 15.9 Å². The van der Waals surface area contributed by atoms with Gasteiger partial charge in [0.15, 0.2) is 0 Å². The average Bonchev–Trinajstić information content (AvgIpc) is 2.64. The summed E-state index contributed by atoms with van der Waals surface area (Å²) in [6.45, 7) is 0.0330. The first-order valence-corrected chi connectivity index (χ1v) is 5.99. The number of halogens is 2. The molecule has 0 bridgehead atoms. The zero-order valence-electron chi connectivity index (χ0n) is 9.32. The second-order valence-corrected chi connectivity index (χ2v) is 4.67. The maximum absolute atomic E-state index is 13.7. The van der Waals surface area contributed by atoms with Crippen LogP contribution >= 0.6 is 15.9 Å². The van der Waals surface area contributed by atoms with Gasteiger partial charge in [0.1, 0.15) is 11.6 Å². The molecule has 2 rings (SSSR count). The first-order valence-electron chi connectivity index (χ1n) is 5.20. The van der Waals surface area contributed by atoms with Crippen LogP contribution in [0.15, 0.2) is 28.9 Å². The zero-order valence-corrected chi connectivity index (χ0v) is 10.9. The molecule has 3 nitrogen and oxygen atoms in total. The fourth-order valence-electron chi connectivity index (χ4n) is 1.66. The predicted molar refractivity (Wildman–Crippen MR) is 67.1 cm³/mol. The fourth-order valence-corrected chi connectivity index (χ4v) is 2.02. The summed E-state index contributed by atoms with van der Waals surface area (Å²) in [4.78, 5) is 4.31. The Morgan fingerprint density at radius 3 is 2.94 bits per heavy atom. The summed E-state index contributed by atoms with van der Waals surface area (Å²) in [7, 11) is 1.83. The molecule has 5 heteroatoms. The van der Waals surface area contributed by atoms with Crippen molar-refractivity contribution in [2.24, 2.45) is 7.05 Å². The van der Waals surface area contributed by atoms with E-state index in [1.54, 1.807) is 22.9 Å². The van der Waals surface area contributed by atoms with Crippen LogP contribution < -0.4 is 0 Å². The van der Waals surface area contributed by atoms with E-state index < -0.39 is 0 Å². The minimum Gasteiger partial charge on any atom is -0.396 e. The van der Waals surface area contributed by atoms with Gasteiger partial charge in [0, 0.05) is 29.7 Å². The van der Waals surface area contributed by atoms with E-state index in [9.17, 15) is 4.39 Å². The molecule has 0 saturated carbocycles. The monoisotopic (exact) mass is 298 g/mol. The summed E-state index contributed by atoms with van der Waals surface area (Å²) in [5.74, 6) is 0.434. The Morgan fingerprint density at radius 2 is 2.24 bits per heavy atom. The highest BCUT2D eigenvalue weighted by molar-refractivity contribution is 9.10. The van der Waals surface area contributed by atoms with Gasteiger partial charge in [-0.25, -0.2) is 9.37 Å². The Morgan fingerprint density at radius 1 is 1.47 bits per heavy atom. The molecule has 90 valence electrons. The molecule has 1 N–H and O–H groups in total. The number of aryl methyl sites for hydroxylation is 1. The number of nitrogens with zero attached hydrogens (tertiary/aromatic N) is 2. The lowest BCUT2D eigenvalue weighted by Crippen LogP contribution is -1.99. The predicted octanol–water partition coefficient (Wildman–Crippen LogP) is 2.52. The zero-order chi connectivity index (χ0) is 12.4. The maximum Gasteiger partial charge on any atom is 0.132 e. The van der Waals surface area contributed by atoms with E-state index in [2.05, 4.69) is 20.9 Å². The summed E-state index contributed by atoms with van der Waals surface area (Å²) in [5.41, 5.74) is 1.04. The molecule has 0 unspecified atom stereocenters. The summed E-state index contributed by atoms with van der Waals surface area (Å²) < 4.78 is 16.3. The highest BCUT2D eigenvalue weighted by Crippen LogP contribution is 2.25. The van der Waals surface area contributed by atoms with Gasteiger partial charge in [-0.15, -0.1) is 0 Å². The Labute approximate surface area is 107 Å². The fraction of sp³-hybridized carbons (Fsp3) is 0.250. The summed E-state index contributed by atoms with van der Waals surface area (Å²) in [6.07, 6.45) is 2.22. The molecule has 0 amide bonds. The van der Waals surface area contributed by atoms with E-state index in [-0.39, 0.29) is 12.4 Å². The minimum atomic E-state index is -0.304. The summed E-state index contributed by atoms with van der Waals surface area (Å²) in [5, 5.41) is 8.89. The van der Waals surface area contributed by atoms with E-state index in [1.165, 1.54) is 6.07 Å². The molecule has 1 heterocycles. The minimum absolute atomic E-state index is 0.0330. The molecule has 1 aromatic carbocycles. The van der Waals surface area contributed by atoms with Gasteiger partial charge in [-0.2, -0.15) is 0 Å². The quantitative estimate of drug-likeness (QED) is 0.945. The van der Waals surface area contributed by atoms with Crippen molar-refractivity contribution in [2.75, 3.05) is 6.61 Å². The Bertz CT molecular complexity index is 539. The van der Waals surface area contributed by atoms with Crippen molar-refractivity contribution in [1.29, 1.82) is 0 Å². The lowest BCUT2D eigenvalue weighted by atomic mass is 10.1. The average molecular weight is 299 g/mol. The molecule has 0 radical (unpaired) electrons. The van der Waals surface area contributed by atoms with Crippen molar-refractivity contribution in [2.45, 2.75) is 6.42 Å². The van der Waals surface area contributed by atoms with E-state index in [0.29, 0.717) is 17.7 Å². The lowest BCUT2D eigenvalue weighted by molar-refractivity contribution is 0.295. The topological polar surface area (TPSA) is 38.0 Å². The van der Waals surface area contributed by atoms with Gasteiger partial charge < -0.3 is 9.67 Å². The number of aliphatic hydroxyl groups is 1. The Balaban J connectivity index is 2.45. The number of rotatable bonds is 3. The van der Waals surface area contributed by atoms with Crippen molar-refractivity contribution < 1.29 is 9.50 Å². The van der Waals surface area contributed by atoms with Crippen LogP contribution in [-0.2, 0) is 13.5 Å². The maximum atomic E-state index is 13.7. The molecule has 17 heavy (non-hydrogen) atoms. The number of hydrogen-bond acceptors (Lipinski definition) is 2. The van der Waals surface area contributed by atoms with E-state index in [0.717, 1.165) is 10.3 Å². The molecule has 1 aromatic heterocycles. The van der Waals surface area contributed by atoms with Crippen LogP contribution in [0, 0.1) is 5.82 Å². The van der Waals surface area contributed by atoms with Gasteiger partial charge in [-0.3, -0.25) is 0 Å². The smallest absolute Gasteiger partial charge is 0.132 e. The number of imidazole rings is 1. The van der Waals surface area contributed by atoms with Crippen molar-refractivity contribution in [3.8, 4) is 11.3 Å². The highest BCUT2D eigenvalue weighted by atomic mass is 79.9. The highest BCUT2D eigenvalue weighted by Gasteiger charge is 2.11. The third-order valence-electron chi connectivity index (χ3n) is 2.51. The van der Waals surface area contributed by atoms with E-state index >= 15 is 0 Å². The Kier molecular flexibility index (Phi) is 3.59. The molecule has 0 aliphatic carbocycles. The van der Waals surface area contributed by atoms with Crippen LogP contribution in [0.25, 0.3) is 11.3 Å². The second kappa shape index (κ2) is 4.98. The number of benzene rings is 1. The summed E-state index contributed by atoms with van der Waals surface area (Å²) >= 11 is 3.31. The normalized spacial score (nSPS) is 10.8. The van der Waals surface area contributed by atoms with Crippen LogP contribution in [0.3, 0.4) is 0 Å². The van der Waals surface area contributed by atoms with Crippen LogP contribution in [0.4, 0.5) is 4.39 Å². The molecule has 0 saturated heterocycles. The van der Waals surface area contributed by atoms with Gasteiger partial charge in [-0.05, 0) is 18.2 Å². The van der Waals surface area contributed by atoms with Gasteiger partial charge >= 0.3 is 0 Å². The Hall–Kier alpha value is -1.20. The molecular weight excluding hydrogens is 287 g/mol. The van der Waals surface area contributed by atoms with Crippen molar-refractivity contribution in [1.82, 2.24) is 9.55 Å². The van der Waals surface area contributed by atoms with E-state index in [1.807, 2.05) is 7.05 Å². The van der Waals surface area contributed by atoms with Crippen molar-refractivity contribution in [3.05, 3.63) is 40.5 Å². The van der Waals surface area contributed by atoms with Gasteiger partial charge in [0.05, 0.1) is 12.3 Å². The number of hydrogen-bond donors (Lipinski definition) is 1. The van der Waals surface area contributed by atoms with Gasteiger partial charge in [-0.1, -0.05) is 15.9 Å². The van der Waals surface area contributed by atoms with Crippen LogP contribution in [0.5, 0.6) is 0 Å². The first kappa shape index (κ1) is 12.3.